The fraction of sp³-hybridized carbons (Fsp3) is 0.455. The Labute approximate surface area is 100.0 Å². The lowest BCUT2D eigenvalue weighted by atomic mass is 10.3. The van der Waals surface area contributed by atoms with Crippen molar-refractivity contribution in [3.05, 3.63) is 29.6 Å². The normalized spacial score (nSPS) is 12.2. The van der Waals surface area contributed by atoms with Crippen LogP contribution in [0, 0.1) is 6.92 Å². The van der Waals surface area contributed by atoms with Crippen molar-refractivity contribution >= 4 is 17.5 Å². The van der Waals surface area contributed by atoms with Crippen LogP contribution in [0.4, 0.5) is 0 Å². The van der Waals surface area contributed by atoms with Crippen LogP contribution in [0.5, 0.6) is 0 Å². The first-order valence-corrected chi connectivity index (χ1v) is 5.42. The van der Waals surface area contributed by atoms with Gasteiger partial charge in [0, 0.05) is 19.3 Å². The Morgan fingerprint density at radius 2 is 2.38 bits per heavy atom. The molecule has 1 atom stereocenters. The highest BCUT2D eigenvalue weighted by Crippen LogP contribution is 1.99. The standard InChI is InChI=1S/C11H15ClN2O2/c1-8-4-3-5-10(14-8)11(15)13-6-9(12)7-16-2/h3-5,9H,6-7H2,1-2H3,(H,13,15). The van der Waals surface area contributed by atoms with Gasteiger partial charge >= 0.3 is 0 Å². The molecule has 88 valence electrons. The molecule has 5 heteroatoms. The number of rotatable bonds is 5. The van der Waals surface area contributed by atoms with E-state index in [-0.39, 0.29) is 11.3 Å². The number of halogens is 1. The second kappa shape index (κ2) is 6.45. The second-order valence-corrected chi connectivity index (χ2v) is 4.04. The predicted octanol–water partition coefficient (Wildman–Crippen LogP) is 1.37. The number of nitrogens with one attached hydrogen (secondary N) is 1. The number of hydrogen-bond acceptors (Lipinski definition) is 3. The Hall–Kier alpha value is -1.13. The number of pyridine rings is 1. The summed E-state index contributed by atoms with van der Waals surface area (Å²) >= 11 is 5.88. The summed E-state index contributed by atoms with van der Waals surface area (Å²) in [5, 5.41) is 2.47. The largest absolute Gasteiger partial charge is 0.383 e. The Bertz CT molecular complexity index is 358. The Balaban J connectivity index is 2.47. The van der Waals surface area contributed by atoms with Crippen LogP contribution in [-0.2, 0) is 4.74 Å². The molecule has 0 fully saturated rings. The summed E-state index contributed by atoms with van der Waals surface area (Å²) in [4.78, 5) is 15.7. The number of carbonyl (C=O) groups excluding carboxylic acids is 1. The van der Waals surface area contributed by atoms with Gasteiger partial charge in [0.25, 0.3) is 5.91 Å². The molecule has 1 aromatic heterocycles. The first kappa shape index (κ1) is 12.9. The maximum atomic E-state index is 11.6. The van der Waals surface area contributed by atoms with Crippen molar-refractivity contribution in [2.75, 3.05) is 20.3 Å². The van der Waals surface area contributed by atoms with Gasteiger partial charge in [0.05, 0.1) is 12.0 Å². The number of amides is 1. The van der Waals surface area contributed by atoms with E-state index in [9.17, 15) is 4.79 Å². The van der Waals surface area contributed by atoms with Gasteiger partial charge in [-0.05, 0) is 19.1 Å². The number of alkyl halides is 1. The highest BCUT2D eigenvalue weighted by molar-refractivity contribution is 6.21. The third kappa shape index (κ3) is 4.16. The SMILES string of the molecule is COCC(Cl)CNC(=O)c1cccc(C)n1. The number of aromatic nitrogens is 1. The first-order valence-electron chi connectivity index (χ1n) is 4.98. The predicted molar refractivity (Wildman–Crippen MR) is 62.8 cm³/mol. The molecule has 0 aliphatic rings. The number of ether oxygens (including phenoxy) is 1. The average molecular weight is 243 g/mol. The molecule has 0 aromatic carbocycles. The van der Waals surface area contributed by atoms with E-state index < -0.39 is 0 Å². The molecule has 1 unspecified atom stereocenters. The van der Waals surface area contributed by atoms with E-state index in [1.807, 2.05) is 13.0 Å². The Morgan fingerprint density at radius 3 is 3.00 bits per heavy atom. The fourth-order valence-electron chi connectivity index (χ4n) is 1.20. The molecule has 0 aliphatic carbocycles. The molecule has 0 radical (unpaired) electrons. The lowest BCUT2D eigenvalue weighted by molar-refractivity contribution is 0.0944. The van der Waals surface area contributed by atoms with Crippen molar-refractivity contribution in [2.24, 2.45) is 0 Å². The molecule has 0 aliphatic heterocycles. The summed E-state index contributed by atoms with van der Waals surface area (Å²) < 4.78 is 4.86. The number of hydrogen-bond donors (Lipinski definition) is 1. The fourth-order valence-corrected chi connectivity index (χ4v) is 1.41. The van der Waals surface area contributed by atoms with Gasteiger partial charge in [-0.15, -0.1) is 11.6 Å². The minimum Gasteiger partial charge on any atom is -0.383 e. The van der Waals surface area contributed by atoms with Crippen LogP contribution in [0.15, 0.2) is 18.2 Å². The van der Waals surface area contributed by atoms with Crippen LogP contribution in [-0.4, -0.2) is 36.5 Å². The van der Waals surface area contributed by atoms with Gasteiger partial charge in [-0.2, -0.15) is 0 Å². The molecule has 0 spiro atoms. The summed E-state index contributed by atoms with van der Waals surface area (Å²) in [6, 6.07) is 5.30. The van der Waals surface area contributed by atoms with Gasteiger partial charge in [-0.3, -0.25) is 4.79 Å². The first-order chi connectivity index (χ1) is 7.63. The van der Waals surface area contributed by atoms with Gasteiger partial charge in [-0.25, -0.2) is 4.98 Å². The van der Waals surface area contributed by atoms with E-state index in [0.29, 0.717) is 18.8 Å². The van der Waals surface area contributed by atoms with Crippen molar-refractivity contribution in [1.82, 2.24) is 10.3 Å². The van der Waals surface area contributed by atoms with E-state index in [2.05, 4.69) is 10.3 Å². The molecule has 1 rings (SSSR count). The van der Waals surface area contributed by atoms with Crippen molar-refractivity contribution in [3.8, 4) is 0 Å². The highest BCUT2D eigenvalue weighted by Gasteiger charge is 2.09. The minimum atomic E-state index is -0.223. The molecule has 1 amide bonds. The molecule has 1 aromatic rings. The van der Waals surface area contributed by atoms with E-state index >= 15 is 0 Å². The van der Waals surface area contributed by atoms with Crippen LogP contribution in [0.1, 0.15) is 16.2 Å². The van der Waals surface area contributed by atoms with Crippen LogP contribution in [0.25, 0.3) is 0 Å². The van der Waals surface area contributed by atoms with Crippen LogP contribution in [0.3, 0.4) is 0 Å². The third-order valence-electron chi connectivity index (χ3n) is 1.95. The summed E-state index contributed by atoms with van der Waals surface area (Å²) in [7, 11) is 1.57. The lowest BCUT2D eigenvalue weighted by Crippen LogP contribution is -2.32. The third-order valence-corrected chi connectivity index (χ3v) is 2.23. The molecular weight excluding hydrogens is 228 g/mol. The number of methoxy groups -OCH3 is 1. The van der Waals surface area contributed by atoms with E-state index in [1.165, 1.54) is 0 Å². The molecular formula is C11H15ClN2O2. The number of nitrogens with zero attached hydrogens (tertiary/aromatic N) is 1. The molecule has 0 bridgehead atoms. The van der Waals surface area contributed by atoms with Gasteiger partial charge in [0.2, 0.25) is 0 Å². The van der Waals surface area contributed by atoms with E-state index in [1.54, 1.807) is 19.2 Å². The van der Waals surface area contributed by atoms with E-state index in [0.717, 1.165) is 5.69 Å². The van der Waals surface area contributed by atoms with Gasteiger partial charge in [0.1, 0.15) is 5.69 Å². The molecule has 0 saturated carbocycles. The van der Waals surface area contributed by atoms with Crippen LogP contribution < -0.4 is 5.32 Å². The second-order valence-electron chi connectivity index (χ2n) is 3.43. The smallest absolute Gasteiger partial charge is 0.269 e. The number of aryl methyl sites for hydroxylation is 1. The zero-order valence-electron chi connectivity index (χ0n) is 9.37. The maximum absolute atomic E-state index is 11.6. The Morgan fingerprint density at radius 1 is 1.62 bits per heavy atom. The van der Waals surface area contributed by atoms with Gasteiger partial charge in [-0.1, -0.05) is 6.07 Å². The quantitative estimate of drug-likeness (QED) is 0.794. The lowest BCUT2D eigenvalue weighted by Gasteiger charge is -2.09. The molecule has 1 heterocycles. The zero-order valence-corrected chi connectivity index (χ0v) is 10.1. The monoisotopic (exact) mass is 242 g/mol. The summed E-state index contributed by atoms with van der Waals surface area (Å²) in [6.45, 7) is 2.61. The summed E-state index contributed by atoms with van der Waals surface area (Å²) in [5.41, 5.74) is 1.22. The van der Waals surface area contributed by atoms with Crippen molar-refractivity contribution in [2.45, 2.75) is 12.3 Å². The molecule has 0 saturated heterocycles. The van der Waals surface area contributed by atoms with Crippen LogP contribution in [0.2, 0.25) is 0 Å². The van der Waals surface area contributed by atoms with Crippen LogP contribution >= 0.6 is 11.6 Å². The number of carbonyl (C=O) groups is 1. The highest BCUT2D eigenvalue weighted by atomic mass is 35.5. The average Bonchev–Trinajstić information content (AvgIpc) is 2.26. The summed E-state index contributed by atoms with van der Waals surface area (Å²) in [6.07, 6.45) is 0. The maximum Gasteiger partial charge on any atom is 0.269 e. The van der Waals surface area contributed by atoms with Crippen molar-refractivity contribution < 1.29 is 9.53 Å². The van der Waals surface area contributed by atoms with E-state index in [4.69, 9.17) is 16.3 Å². The topological polar surface area (TPSA) is 51.2 Å². The molecule has 16 heavy (non-hydrogen) atoms. The summed E-state index contributed by atoms with van der Waals surface area (Å²) in [5.74, 6) is -0.217. The van der Waals surface area contributed by atoms with Gasteiger partial charge < -0.3 is 10.1 Å². The Kier molecular flexibility index (Phi) is 5.22. The van der Waals surface area contributed by atoms with Crippen molar-refractivity contribution in [1.29, 1.82) is 0 Å². The molecule has 4 nitrogen and oxygen atoms in total. The molecule has 1 N–H and O–H groups in total. The zero-order chi connectivity index (χ0) is 12.0. The van der Waals surface area contributed by atoms with Gasteiger partial charge in [0.15, 0.2) is 0 Å². The minimum absolute atomic E-state index is 0.217. The van der Waals surface area contributed by atoms with Crippen molar-refractivity contribution in [3.63, 3.8) is 0 Å².